The highest BCUT2D eigenvalue weighted by Crippen LogP contribution is 2.19. The average Bonchev–Trinajstić information content (AvgIpc) is 2.43. The summed E-state index contributed by atoms with van der Waals surface area (Å²) in [5.74, 6) is -0.118. The number of rotatable bonds is 5. The van der Waals surface area contributed by atoms with Gasteiger partial charge >= 0.3 is 5.97 Å². The molecule has 0 saturated heterocycles. The third kappa shape index (κ3) is 3.93. The van der Waals surface area contributed by atoms with Gasteiger partial charge < -0.3 is 9.47 Å². The van der Waals surface area contributed by atoms with Crippen molar-refractivity contribution in [2.75, 3.05) is 6.61 Å². The Morgan fingerprint density at radius 3 is 2.68 bits per heavy atom. The summed E-state index contributed by atoms with van der Waals surface area (Å²) < 4.78 is 11.0. The Morgan fingerprint density at radius 2 is 2.00 bits per heavy atom. The highest BCUT2D eigenvalue weighted by molar-refractivity contribution is 5.75. The number of carbonyl (C=O) groups excluding carboxylic acids is 1. The largest absolute Gasteiger partial charge is 0.457 e. The fraction of sp³-hybridized carbons (Fsp3) is 0.438. The van der Waals surface area contributed by atoms with Crippen molar-refractivity contribution < 1.29 is 14.3 Å². The maximum atomic E-state index is 11.5. The van der Waals surface area contributed by atoms with E-state index < -0.39 is 0 Å². The van der Waals surface area contributed by atoms with E-state index in [1.807, 2.05) is 56.3 Å². The smallest absolute Gasteiger partial charge is 0.313 e. The Bertz CT molecular complexity index is 439. The van der Waals surface area contributed by atoms with E-state index in [2.05, 4.69) is 0 Å². The second-order valence-corrected chi connectivity index (χ2v) is 5.05. The van der Waals surface area contributed by atoms with Gasteiger partial charge in [0.25, 0.3) is 0 Å². The average molecular weight is 260 g/mol. The molecule has 1 aromatic rings. The minimum atomic E-state index is -0.167. The minimum Gasteiger partial charge on any atom is -0.457 e. The molecule has 0 spiro atoms. The Balaban J connectivity index is 1.77. The van der Waals surface area contributed by atoms with Crippen molar-refractivity contribution in [2.24, 2.45) is 11.8 Å². The second-order valence-electron chi connectivity index (χ2n) is 5.05. The predicted molar refractivity (Wildman–Crippen MR) is 73.4 cm³/mol. The van der Waals surface area contributed by atoms with Crippen molar-refractivity contribution in [1.29, 1.82) is 0 Å². The quantitative estimate of drug-likeness (QED) is 0.603. The maximum absolute atomic E-state index is 11.5. The number of benzene rings is 1. The lowest BCUT2D eigenvalue weighted by Gasteiger charge is -2.25. The van der Waals surface area contributed by atoms with Crippen LogP contribution in [0.5, 0.6) is 0 Å². The van der Waals surface area contributed by atoms with Gasteiger partial charge in [0.15, 0.2) is 0 Å². The molecule has 0 unspecified atom stereocenters. The molecule has 1 aliphatic heterocycles. The Labute approximate surface area is 114 Å². The fourth-order valence-electron chi connectivity index (χ4n) is 1.97. The second kappa shape index (κ2) is 6.53. The zero-order valence-corrected chi connectivity index (χ0v) is 11.4. The number of hydrogen-bond donors (Lipinski definition) is 0. The van der Waals surface area contributed by atoms with Crippen LogP contribution in [0.3, 0.4) is 0 Å². The van der Waals surface area contributed by atoms with Crippen LogP contribution in [0.25, 0.3) is 0 Å². The summed E-state index contributed by atoms with van der Waals surface area (Å²) >= 11 is 0. The Hall–Kier alpha value is -1.61. The molecule has 0 fully saturated rings. The van der Waals surface area contributed by atoms with Crippen LogP contribution in [0, 0.1) is 11.8 Å². The van der Waals surface area contributed by atoms with Crippen molar-refractivity contribution in [3.05, 3.63) is 48.0 Å². The van der Waals surface area contributed by atoms with Crippen LogP contribution < -0.4 is 0 Å². The monoisotopic (exact) mass is 260 g/mol. The van der Waals surface area contributed by atoms with E-state index in [0.29, 0.717) is 13.2 Å². The normalized spacial score (nSPS) is 24.0. The molecule has 0 bridgehead atoms. The molecule has 3 heteroatoms. The van der Waals surface area contributed by atoms with Gasteiger partial charge in [-0.15, -0.1) is 0 Å². The molecule has 3 nitrogen and oxygen atoms in total. The first-order valence-corrected chi connectivity index (χ1v) is 6.67. The standard InChI is InChI=1S/C16H20O3/c1-12-8-9-15(19-16(12)17)13(2)10-18-11-14-6-4-3-5-7-14/h3-9,12-13,15H,10-11H2,1-2H3/t12-,13+,15-/m0/s1. The van der Waals surface area contributed by atoms with Crippen LogP contribution in [0.15, 0.2) is 42.5 Å². The highest BCUT2D eigenvalue weighted by atomic mass is 16.5. The molecule has 0 amide bonds. The van der Waals surface area contributed by atoms with E-state index in [0.717, 1.165) is 5.56 Å². The van der Waals surface area contributed by atoms with E-state index in [4.69, 9.17) is 9.47 Å². The number of cyclic esters (lactones) is 1. The van der Waals surface area contributed by atoms with Crippen LogP contribution >= 0.6 is 0 Å². The van der Waals surface area contributed by atoms with E-state index in [9.17, 15) is 4.79 Å². The van der Waals surface area contributed by atoms with Crippen molar-refractivity contribution in [3.8, 4) is 0 Å². The Morgan fingerprint density at radius 1 is 1.26 bits per heavy atom. The van der Waals surface area contributed by atoms with Gasteiger partial charge in [0.2, 0.25) is 0 Å². The molecule has 0 saturated carbocycles. The van der Waals surface area contributed by atoms with Gasteiger partial charge in [-0.25, -0.2) is 0 Å². The Kier molecular flexibility index (Phi) is 4.74. The van der Waals surface area contributed by atoms with Gasteiger partial charge in [-0.3, -0.25) is 4.79 Å². The molecule has 102 valence electrons. The molecule has 0 aromatic heterocycles. The maximum Gasteiger partial charge on any atom is 0.313 e. The lowest BCUT2D eigenvalue weighted by molar-refractivity contribution is -0.154. The van der Waals surface area contributed by atoms with E-state index in [1.165, 1.54) is 0 Å². The lowest BCUT2D eigenvalue weighted by atomic mass is 10.00. The predicted octanol–water partition coefficient (Wildman–Crippen LogP) is 2.96. The SMILES string of the molecule is C[C@H](COCc1ccccc1)[C@@H]1C=C[C@H](C)C(=O)O1. The summed E-state index contributed by atoms with van der Waals surface area (Å²) in [4.78, 5) is 11.5. The third-order valence-electron chi connectivity index (χ3n) is 3.27. The third-order valence-corrected chi connectivity index (χ3v) is 3.27. The highest BCUT2D eigenvalue weighted by Gasteiger charge is 2.25. The van der Waals surface area contributed by atoms with Crippen LogP contribution in [0.1, 0.15) is 19.4 Å². The molecule has 3 atom stereocenters. The summed E-state index contributed by atoms with van der Waals surface area (Å²) in [6.07, 6.45) is 3.70. The molecular weight excluding hydrogens is 240 g/mol. The summed E-state index contributed by atoms with van der Waals surface area (Å²) in [6, 6.07) is 10.0. The van der Waals surface area contributed by atoms with Crippen LogP contribution in [0.4, 0.5) is 0 Å². The summed E-state index contributed by atoms with van der Waals surface area (Å²) in [5.41, 5.74) is 1.15. The van der Waals surface area contributed by atoms with Crippen LogP contribution in [-0.4, -0.2) is 18.7 Å². The number of carbonyl (C=O) groups is 1. The van der Waals surface area contributed by atoms with E-state index in [-0.39, 0.29) is 23.9 Å². The molecule has 1 aromatic carbocycles. The van der Waals surface area contributed by atoms with Gasteiger partial charge in [-0.2, -0.15) is 0 Å². The minimum absolute atomic E-state index is 0.131. The first-order chi connectivity index (χ1) is 9.16. The van der Waals surface area contributed by atoms with Crippen molar-refractivity contribution in [3.63, 3.8) is 0 Å². The first kappa shape index (κ1) is 13.8. The summed E-state index contributed by atoms with van der Waals surface area (Å²) in [5, 5.41) is 0. The number of esters is 1. The van der Waals surface area contributed by atoms with Gasteiger partial charge in [0.05, 0.1) is 19.1 Å². The van der Waals surface area contributed by atoms with Crippen molar-refractivity contribution >= 4 is 5.97 Å². The zero-order valence-electron chi connectivity index (χ0n) is 11.4. The van der Waals surface area contributed by atoms with Gasteiger partial charge in [-0.1, -0.05) is 43.3 Å². The molecule has 0 radical (unpaired) electrons. The number of hydrogen-bond acceptors (Lipinski definition) is 3. The van der Waals surface area contributed by atoms with E-state index in [1.54, 1.807) is 0 Å². The number of ether oxygens (including phenoxy) is 2. The topological polar surface area (TPSA) is 35.5 Å². The van der Waals surface area contributed by atoms with Crippen molar-refractivity contribution in [1.82, 2.24) is 0 Å². The lowest BCUT2D eigenvalue weighted by Crippen LogP contribution is -2.31. The van der Waals surface area contributed by atoms with Gasteiger partial charge in [0.1, 0.15) is 6.10 Å². The zero-order chi connectivity index (χ0) is 13.7. The first-order valence-electron chi connectivity index (χ1n) is 6.67. The molecule has 0 N–H and O–H groups in total. The summed E-state index contributed by atoms with van der Waals surface area (Å²) in [7, 11) is 0. The molecule has 1 heterocycles. The molecule has 1 aliphatic rings. The van der Waals surface area contributed by atoms with Gasteiger partial charge in [0, 0.05) is 5.92 Å². The summed E-state index contributed by atoms with van der Waals surface area (Å²) in [6.45, 7) is 5.03. The molecule has 2 rings (SSSR count). The molecule has 0 aliphatic carbocycles. The molecule has 19 heavy (non-hydrogen) atoms. The van der Waals surface area contributed by atoms with Crippen LogP contribution in [0.2, 0.25) is 0 Å². The van der Waals surface area contributed by atoms with E-state index >= 15 is 0 Å². The fourth-order valence-corrected chi connectivity index (χ4v) is 1.97. The van der Waals surface area contributed by atoms with Crippen LogP contribution in [-0.2, 0) is 20.9 Å². The van der Waals surface area contributed by atoms with Crippen molar-refractivity contribution in [2.45, 2.75) is 26.6 Å². The molecular formula is C16H20O3. The van der Waals surface area contributed by atoms with Gasteiger partial charge in [-0.05, 0) is 18.6 Å².